The molecule has 100 valence electrons. The molecule has 0 saturated carbocycles. The van der Waals surface area contributed by atoms with Crippen molar-refractivity contribution in [3.63, 3.8) is 0 Å². The number of rotatable bonds is 8. The van der Waals surface area contributed by atoms with Gasteiger partial charge in [0.1, 0.15) is 0 Å². The molecule has 0 spiro atoms. The maximum atomic E-state index is 11.4. The molecule has 17 heavy (non-hydrogen) atoms. The molecule has 2 unspecified atom stereocenters. The second-order valence-electron chi connectivity index (χ2n) is 4.49. The van der Waals surface area contributed by atoms with Gasteiger partial charge in [-0.05, 0) is 19.3 Å². The zero-order valence-corrected chi connectivity index (χ0v) is 10.6. The van der Waals surface area contributed by atoms with Crippen LogP contribution >= 0.6 is 0 Å². The van der Waals surface area contributed by atoms with Crippen molar-refractivity contribution in [1.82, 2.24) is 5.32 Å². The SMILES string of the molecule is CC(CN)C(=O)NCCCOCC1CCCO1. The minimum atomic E-state index is -0.109. The normalized spacial score (nSPS) is 21.4. The third-order valence-corrected chi connectivity index (χ3v) is 2.89. The summed E-state index contributed by atoms with van der Waals surface area (Å²) in [6, 6.07) is 0. The Morgan fingerprint density at radius 2 is 2.47 bits per heavy atom. The van der Waals surface area contributed by atoms with Gasteiger partial charge in [0.15, 0.2) is 0 Å². The van der Waals surface area contributed by atoms with Crippen LogP contribution in [-0.4, -0.2) is 44.9 Å². The first-order valence-electron chi connectivity index (χ1n) is 6.41. The van der Waals surface area contributed by atoms with E-state index in [4.69, 9.17) is 15.2 Å². The lowest BCUT2D eigenvalue weighted by molar-refractivity contribution is -0.124. The van der Waals surface area contributed by atoms with Gasteiger partial charge in [-0.2, -0.15) is 0 Å². The summed E-state index contributed by atoms with van der Waals surface area (Å²) in [6.45, 7) is 5.06. The molecule has 0 aliphatic carbocycles. The molecule has 2 atom stereocenters. The molecule has 0 aromatic heterocycles. The quantitative estimate of drug-likeness (QED) is 0.602. The highest BCUT2D eigenvalue weighted by Gasteiger charge is 2.15. The molecule has 0 aromatic carbocycles. The molecule has 1 rings (SSSR count). The molecule has 1 aliphatic heterocycles. The number of hydrogen-bond acceptors (Lipinski definition) is 4. The fourth-order valence-electron chi connectivity index (χ4n) is 1.66. The van der Waals surface area contributed by atoms with Crippen molar-refractivity contribution in [2.75, 3.05) is 32.9 Å². The summed E-state index contributed by atoms with van der Waals surface area (Å²) in [5.74, 6) is -0.0885. The number of hydrogen-bond donors (Lipinski definition) is 2. The lowest BCUT2D eigenvalue weighted by Gasteiger charge is -2.11. The fourth-order valence-corrected chi connectivity index (χ4v) is 1.66. The van der Waals surface area contributed by atoms with E-state index in [-0.39, 0.29) is 17.9 Å². The Balaban J connectivity index is 1.88. The van der Waals surface area contributed by atoms with Crippen molar-refractivity contribution in [2.45, 2.75) is 32.3 Å². The fraction of sp³-hybridized carbons (Fsp3) is 0.917. The van der Waals surface area contributed by atoms with Crippen LogP contribution < -0.4 is 11.1 Å². The molecule has 1 heterocycles. The maximum absolute atomic E-state index is 11.4. The van der Waals surface area contributed by atoms with E-state index >= 15 is 0 Å². The number of carbonyl (C=O) groups is 1. The molecule has 0 bridgehead atoms. The average Bonchev–Trinajstić information content (AvgIpc) is 2.85. The topological polar surface area (TPSA) is 73.6 Å². The van der Waals surface area contributed by atoms with Gasteiger partial charge < -0.3 is 20.5 Å². The monoisotopic (exact) mass is 244 g/mol. The van der Waals surface area contributed by atoms with Gasteiger partial charge in [0.2, 0.25) is 5.91 Å². The molecule has 5 heteroatoms. The summed E-state index contributed by atoms with van der Waals surface area (Å²) < 4.78 is 10.9. The number of nitrogens with two attached hydrogens (primary N) is 1. The first kappa shape index (κ1) is 14.4. The van der Waals surface area contributed by atoms with Crippen LogP contribution in [0.5, 0.6) is 0 Å². The third-order valence-electron chi connectivity index (χ3n) is 2.89. The Morgan fingerprint density at radius 1 is 1.65 bits per heavy atom. The molecular weight excluding hydrogens is 220 g/mol. The van der Waals surface area contributed by atoms with Crippen molar-refractivity contribution in [1.29, 1.82) is 0 Å². The number of carbonyl (C=O) groups excluding carboxylic acids is 1. The minimum absolute atomic E-state index is 0.0200. The van der Waals surface area contributed by atoms with Gasteiger partial charge in [0.25, 0.3) is 0 Å². The lowest BCUT2D eigenvalue weighted by atomic mass is 10.2. The van der Waals surface area contributed by atoms with Crippen molar-refractivity contribution >= 4 is 5.91 Å². The highest BCUT2D eigenvalue weighted by Crippen LogP contribution is 2.11. The van der Waals surface area contributed by atoms with Crippen LogP contribution in [-0.2, 0) is 14.3 Å². The summed E-state index contributed by atoms with van der Waals surface area (Å²) in [5, 5.41) is 2.83. The summed E-state index contributed by atoms with van der Waals surface area (Å²) in [7, 11) is 0. The first-order valence-corrected chi connectivity index (χ1v) is 6.41. The predicted octanol–water partition coefficient (Wildman–Crippen LogP) is 0.283. The van der Waals surface area contributed by atoms with Crippen LogP contribution in [0.1, 0.15) is 26.2 Å². The van der Waals surface area contributed by atoms with E-state index in [1.165, 1.54) is 0 Å². The van der Waals surface area contributed by atoms with Gasteiger partial charge >= 0.3 is 0 Å². The molecule has 0 aromatic rings. The van der Waals surface area contributed by atoms with Crippen molar-refractivity contribution in [2.24, 2.45) is 11.7 Å². The van der Waals surface area contributed by atoms with Crippen LogP contribution in [0.3, 0.4) is 0 Å². The Bertz CT molecular complexity index is 218. The van der Waals surface area contributed by atoms with E-state index in [1.807, 2.05) is 6.92 Å². The summed E-state index contributed by atoms with van der Waals surface area (Å²) in [6.07, 6.45) is 3.35. The minimum Gasteiger partial charge on any atom is -0.379 e. The second kappa shape index (κ2) is 8.44. The van der Waals surface area contributed by atoms with E-state index in [0.29, 0.717) is 26.3 Å². The van der Waals surface area contributed by atoms with Crippen LogP contribution in [0.2, 0.25) is 0 Å². The van der Waals surface area contributed by atoms with Crippen molar-refractivity contribution in [3.8, 4) is 0 Å². The van der Waals surface area contributed by atoms with Gasteiger partial charge in [0, 0.05) is 32.2 Å². The molecule has 1 amide bonds. The van der Waals surface area contributed by atoms with E-state index in [9.17, 15) is 4.79 Å². The summed E-state index contributed by atoms with van der Waals surface area (Å²) in [5.41, 5.74) is 5.40. The van der Waals surface area contributed by atoms with Crippen LogP contribution in [0.25, 0.3) is 0 Å². The molecule has 5 nitrogen and oxygen atoms in total. The zero-order chi connectivity index (χ0) is 12.5. The van der Waals surface area contributed by atoms with Crippen molar-refractivity contribution in [3.05, 3.63) is 0 Å². The van der Waals surface area contributed by atoms with Gasteiger partial charge in [-0.1, -0.05) is 6.92 Å². The molecule has 3 N–H and O–H groups in total. The average molecular weight is 244 g/mol. The largest absolute Gasteiger partial charge is 0.379 e. The second-order valence-corrected chi connectivity index (χ2v) is 4.49. The van der Waals surface area contributed by atoms with Gasteiger partial charge in [-0.15, -0.1) is 0 Å². The van der Waals surface area contributed by atoms with Crippen LogP contribution in [0, 0.1) is 5.92 Å². The van der Waals surface area contributed by atoms with E-state index in [0.717, 1.165) is 25.9 Å². The molecule has 0 radical (unpaired) electrons. The summed E-state index contributed by atoms with van der Waals surface area (Å²) in [4.78, 5) is 11.4. The van der Waals surface area contributed by atoms with E-state index < -0.39 is 0 Å². The molecule has 1 aliphatic rings. The number of amides is 1. The Morgan fingerprint density at radius 3 is 3.12 bits per heavy atom. The summed E-state index contributed by atoms with van der Waals surface area (Å²) >= 11 is 0. The smallest absolute Gasteiger partial charge is 0.224 e. The molecular formula is C12H24N2O3. The lowest BCUT2D eigenvalue weighted by Crippen LogP contribution is -2.34. The van der Waals surface area contributed by atoms with Crippen LogP contribution in [0.4, 0.5) is 0 Å². The van der Waals surface area contributed by atoms with Crippen LogP contribution in [0.15, 0.2) is 0 Å². The van der Waals surface area contributed by atoms with E-state index in [2.05, 4.69) is 5.32 Å². The van der Waals surface area contributed by atoms with E-state index in [1.54, 1.807) is 0 Å². The number of ether oxygens (including phenoxy) is 2. The molecule has 1 saturated heterocycles. The predicted molar refractivity (Wildman–Crippen MR) is 65.6 cm³/mol. The van der Waals surface area contributed by atoms with Gasteiger partial charge in [0.05, 0.1) is 12.7 Å². The highest BCUT2D eigenvalue weighted by atomic mass is 16.5. The Labute approximate surface area is 103 Å². The molecule has 1 fully saturated rings. The van der Waals surface area contributed by atoms with Gasteiger partial charge in [-0.3, -0.25) is 4.79 Å². The number of nitrogens with one attached hydrogen (secondary N) is 1. The Kier molecular flexibility index (Phi) is 7.16. The van der Waals surface area contributed by atoms with Crippen molar-refractivity contribution < 1.29 is 14.3 Å². The standard InChI is InChI=1S/C12H24N2O3/c1-10(8-13)12(15)14-5-3-6-16-9-11-4-2-7-17-11/h10-11H,2-9,13H2,1H3,(H,14,15). The zero-order valence-electron chi connectivity index (χ0n) is 10.6. The Hall–Kier alpha value is -0.650. The first-order chi connectivity index (χ1) is 8.24. The highest BCUT2D eigenvalue weighted by molar-refractivity contribution is 5.78. The third kappa shape index (κ3) is 6.00. The maximum Gasteiger partial charge on any atom is 0.224 e. The van der Waals surface area contributed by atoms with Gasteiger partial charge in [-0.25, -0.2) is 0 Å².